The predicted molar refractivity (Wildman–Crippen MR) is 143 cm³/mol. The highest BCUT2D eigenvalue weighted by Crippen LogP contribution is 2.36. The van der Waals surface area contributed by atoms with Gasteiger partial charge in [0.15, 0.2) is 11.5 Å². The number of carbonyl (C=O) groups excluding carboxylic acids is 3. The van der Waals surface area contributed by atoms with Crippen LogP contribution in [0, 0.1) is 5.92 Å². The minimum Gasteiger partial charge on any atom is -0.480 e. The van der Waals surface area contributed by atoms with Crippen LogP contribution < -0.4 is 15.2 Å². The molecule has 0 heterocycles. The Morgan fingerprint density at radius 1 is 0.821 bits per heavy atom. The molecule has 0 saturated carbocycles. The molecule has 0 aromatic heterocycles. The van der Waals surface area contributed by atoms with E-state index in [2.05, 4.69) is 0 Å². The summed E-state index contributed by atoms with van der Waals surface area (Å²) in [5.41, 5.74) is 6.40. The standard InChI is InChI=1S/C28H43NO10/c1-5-8-10-15-35-27(33)38-21-14-13-20(17-22(21)39-28(34)36-16-11-9-6-2)24(25(29)26(31)32)19(4)18-37-23(30)12-7-3/h13-14,17,19,24-25H,5-12,15-16,18,29H2,1-4H3,(H,31,32)/t19?,24?,25-/m0/s1. The first-order valence-electron chi connectivity index (χ1n) is 13.6. The Morgan fingerprint density at radius 2 is 1.38 bits per heavy atom. The fourth-order valence-electron chi connectivity index (χ4n) is 3.80. The third kappa shape index (κ3) is 12.8. The predicted octanol–water partition coefficient (Wildman–Crippen LogP) is 5.57. The van der Waals surface area contributed by atoms with Gasteiger partial charge in [-0.2, -0.15) is 0 Å². The van der Waals surface area contributed by atoms with Gasteiger partial charge in [-0.3, -0.25) is 9.59 Å². The number of carbonyl (C=O) groups is 4. The Hall–Kier alpha value is -3.34. The van der Waals surface area contributed by atoms with Crippen LogP contribution in [0.1, 0.15) is 90.5 Å². The van der Waals surface area contributed by atoms with Crippen LogP contribution in [0.15, 0.2) is 18.2 Å². The van der Waals surface area contributed by atoms with E-state index in [0.717, 1.165) is 25.7 Å². The van der Waals surface area contributed by atoms with Crippen LogP contribution in [0.25, 0.3) is 0 Å². The maximum Gasteiger partial charge on any atom is 0.513 e. The summed E-state index contributed by atoms with van der Waals surface area (Å²) >= 11 is 0. The van der Waals surface area contributed by atoms with Crippen LogP contribution in [-0.2, 0) is 23.8 Å². The Morgan fingerprint density at radius 3 is 1.90 bits per heavy atom. The van der Waals surface area contributed by atoms with Gasteiger partial charge in [0.05, 0.1) is 19.8 Å². The van der Waals surface area contributed by atoms with E-state index in [-0.39, 0.29) is 37.7 Å². The average Bonchev–Trinajstić information content (AvgIpc) is 2.89. The van der Waals surface area contributed by atoms with E-state index < -0.39 is 42.1 Å². The summed E-state index contributed by atoms with van der Waals surface area (Å²) in [7, 11) is 0. The van der Waals surface area contributed by atoms with Crippen LogP contribution >= 0.6 is 0 Å². The van der Waals surface area contributed by atoms with Gasteiger partial charge >= 0.3 is 24.2 Å². The lowest BCUT2D eigenvalue weighted by Gasteiger charge is -2.28. The summed E-state index contributed by atoms with van der Waals surface area (Å²) in [5, 5.41) is 9.65. The number of nitrogens with two attached hydrogens (primary N) is 1. The highest BCUT2D eigenvalue weighted by atomic mass is 16.7. The molecular formula is C28H43NO10. The molecule has 0 aliphatic rings. The van der Waals surface area contributed by atoms with E-state index in [4.69, 9.17) is 29.4 Å². The summed E-state index contributed by atoms with van der Waals surface area (Å²) < 4.78 is 26.1. The van der Waals surface area contributed by atoms with Crippen LogP contribution in [0.2, 0.25) is 0 Å². The first kappa shape index (κ1) is 33.7. The van der Waals surface area contributed by atoms with Gasteiger partial charge in [-0.25, -0.2) is 9.59 Å². The van der Waals surface area contributed by atoms with Gasteiger partial charge in [0.1, 0.15) is 6.04 Å². The van der Waals surface area contributed by atoms with Crippen molar-refractivity contribution in [2.24, 2.45) is 11.7 Å². The second-order valence-electron chi connectivity index (χ2n) is 9.32. The van der Waals surface area contributed by atoms with Crippen LogP contribution in [-0.4, -0.2) is 55.2 Å². The van der Waals surface area contributed by atoms with Crippen molar-refractivity contribution in [3.8, 4) is 11.5 Å². The Labute approximate surface area is 230 Å². The topological polar surface area (TPSA) is 161 Å². The summed E-state index contributed by atoms with van der Waals surface area (Å²) in [6.45, 7) is 7.83. The molecule has 0 radical (unpaired) electrons. The molecule has 11 heteroatoms. The minimum absolute atomic E-state index is 0.0670. The highest BCUT2D eigenvalue weighted by Gasteiger charge is 2.33. The summed E-state index contributed by atoms with van der Waals surface area (Å²) in [6, 6.07) is 2.87. The van der Waals surface area contributed by atoms with Crippen molar-refractivity contribution in [3.63, 3.8) is 0 Å². The van der Waals surface area contributed by atoms with E-state index >= 15 is 0 Å². The minimum atomic E-state index is -1.37. The molecule has 1 aromatic carbocycles. The molecular weight excluding hydrogens is 510 g/mol. The first-order valence-corrected chi connectivity index (χ1v) is 13.6. The third-order valence-corrected chi connectivity index (χ3v) is 5.92. The van der Waals surface area contributed by atoms with E-state index in [1.54, 1.807) is 6.92 Å². The zero-order chi connectivity index (χ0) is 29.2. The van der Waals surface area contributed by atoms with Crippen molar-refractivity contribution in [1.82, 2.24) is 0 Å². The molecule has 3 atom stereocenters. The number of hydrogen-bond acceptors (Lipinski definition) is 10. The van der Waals surface area contributed by atoms with Gasteiger partial charge in [-0.15, -0.1) is 0 Å². The number of ether oxygens (including phenoxy) is 5. The molecule has 0 bridgehead atoms. The van der Waals surface area contributed by atoms with Crippen molar-refractivity contribution in [1.29, 1.82) is 0 Å². The van der Waals surface area contributed by atoms with Gasteiger partial charge in [-0.1, -0.05) is 59.4 Å². The lowest BCUT2D eigenvalue weighted by molar-refractivity contribution is -0.145. The second-order valence-corrected chi connectivity index (χ2v) is 9.32. The van der Waals surface area contributed by atoms with E-state index in [1.165, 1.54) is 18.2 Å². The zero-order valence-electron chi connectivity index (χ0n) is 23.4. The molecule has 11 nitrogen and oxygen atoms in total. The number of aliphatic carboxylic acids is 1. The van der Waals surface area contributed by atoms with Crippen molar-refractivity contribution in [2.45, 2.75) is 91.0 Å². The SMILES string of the molecule is CCCCCOC(=O)Oc1ccc(C(C(C)COC(=O)CCC)[C@H](N)C(=O)O)cc1OC(=O)OCCCCC. The van der Waals surface area contributed by atoms with Crippen molar-refractivity contribution < 1.29 is 48.0 Å². The number of unbranched alkanes of at least 4 members (excludes halogenated alkanes) is 4. The number of carboxylic acids is 1. The Balaban J connectivity index is 3.23. The number of esters is 1. The van der Waals surface area contributed by atoms with Crippen molar-refractivity contribution in [3.05, 3.63) is 23.8 Å². The summed E-state index contributed by atoms with van der Waals surface area (Å²) in [4.78, 5) is 48.3. The van der Waals surface area contributed by atoms with E-state index in [0.29, 0.717) is 24.8 Å². The molecule has 0 aliphatic heterocycles. The quantitative estimate of drug-likeness (QED) is 0.101. The van der Waals surface area contributed by atoms with Gasteiger partial charge in [0.25, 0.3) is 0 Å². The average molecular weight is 554 g/mol. The second kappa shape index (κ2) is 18.8. The van der Waals surface area contributed by atoms with Gasteiger partial charge in [-0.05, 0) is 42.9 Å². The summed E-state index contributed by atoms with van der Waals surface area (Å²) in [5.74, 6) is -3.30. The number of rotatable bonds is 18. The van der Waals surface area contributed by atoms with E-state index in [1.807, 2.05) is 20.8 Å². The monoisotopic (exact) mass is 553 g/mol. The molecule has 0 saturated heterocycles. The molecule has 220 valence electrons. The summed E-state index contributed by atoms with van der Waals surface area (Å²) in [6.07, 6.45) is 3.85. The molecule has 3 N–H and O–H groups in total. The largest absolute Gasteiger partial charge is 0.513 e. The van der Waals surface area contributed by atoms with Crippen LogP contribution in [0.4, 0.5) is 9.59 Å². The highest BCUT2D eigenvalue weighted by molar-refractivity contribution is 5.75. The number of carboxylic acid groups (broad SMARTS) is 1. The van der Waals surface area contributed by atoms with Crippen LogP contribution in [0.3, 0.4) is 0 Å². The first-order chi connectivity index (χ1) is 18.6. The lowest BCUT2D eigenvalue weighted by Crippen LogP contribution is -2.40. The number of benzene rings is 1. The number of hydrogen-bond donors (Lipinski definition) is 2. The van der Waals surface area contributed by atoms with Gasteiger partial charge in [0.2, 0.25) is 0 Å². The van der Waals surface area contributed by atoms with Gasteiger partial charge in [0, 0.05) is 12.3 Å². The zero-order valence-corrected chi connectivity index (χ0v) is 23.4. The normalized spacial score (nSPS) is 13.1. The fourth-order valence-corrected chi connectivity index (χ4v) is 3.80. The van der Waals surface area contributed by atoms with E-state index in [9.17, 15) is 24.3 Å². The molecule has 1 aromatic rings. The molecule has 0 fully saturated rings. The van der Waals surface area contributed by atoms with Crippen molar-refractivity contribution >= 4 is 24.2 Å². The fraction of sp³-hybridized carbons (Fsp3) is 0.643. The molecule has 0 aliphatic carbocycles. The molecule has 39 heavy (non-hydrogen) atoms. The molecule has 0 spiro atoms. The smallest absolute Gasteiger partial charge is 0.480 e. The lowest BCUT2D eigenvalue weighted by atomic mass is 9.82. The Kier molecular flexibility index (Phi) is 16.3. The molecule has 0 amide bonds. The van der Waals surface area contributed by atoms with Crippen LogP contribution in [0.5, 0.6) is 11.5 Å². The maximum atomic E-state index is 12.4. The van der Waals surface area contributed by atoms with Gasteiger partial charge < -0.3 is 34.5 Å². The third-order valence-electron chi connectivity index (χ3n) is 5.92. The molecule has 2 unspecified atom stereocenters. The Bertz CT molecular complexity index is 920. The maximum absolute atomic E-state index is 12.4. The van der Waals surface area contributed by atoms with Crippen molar-refractivity contribution in [2.75, 3.05) is 19.8 Å². The molecule has 1 rings (SSSR count).